The Morgan fingerprint density at radius 1 is 1.20 bits per heavy atom. The number of aryl methyl sites for hydroxylation is 1. The van der Waals surface area contributed by atoms with Gasteiger partial charge in [-0.3, -0.25) is 9.79 Å². The minimum absolute atomic E-state index is 0. The highest BCUT2D eigenvalue weighted by atomic mass is 127. The third-order valence-corrected chi connectivity index (χ3v) is 5.08. The van der Waals surface area contributed by atoms with Gasteiger partial charge in [0.1, 0.15) is 11.5 Å². The number of hydrogen-bond acceptors (Lipinski definition) is 3. The van der Waals surface area contributed by atoms with Crippen molar-refractivity contribution in [1.82, 2.24) is 15.5 Å². The Morgan fingerprint density at radius 3 is 2.63 bits per heavy atom. The number of hydrogen-bond donors (Lipinski definition) is 2. The lowest BCUT2D eigenvalue weighted by Crippen LogP contribution is -2.44. The van der Waals surface area contributed by atoms with Crippen molar-refractivity contribution in [3.63, 3.8) is 0 Å². The monoisotopic (exact) mass is 522 g/mol. The summed E-state index contributed by atoms with van der Waals surface area (Å²) in [5.41, 5.74) is 2.25. The van der Waals surface area contributed by atoms with Crippen LogP contribution in [0, 0.1) is 6.92 Å². The zero-order valence-electron chi connectivity index (χ0n) is 17.9. The number of likely N-dealkylation sites (tertiary alicyclic amines) is 1. The van der Waals surface area contributed by atoms with Gasteiger partial charge in [-0.15, -0.1) is 24.0 Å². The first-order valence-corrected chi connectivity index (χ1v) is 10.2. The van der Waals surface area contributed by atoms with Crippen LogP contribution < -0.4 is 15.4 Å². The van der Waals surface area contributed by atoms with Gasteiger partial charge < -0.3 is 20.3 Å². The van der Waals surface area contributed by atoms with E-state index in [9.17, 15) is 4.79 Å². The summed E-state index contributed by atoms with van der Waals surface area (Å²) in [7, 11) is 1.76. The number of ether oxygens (including phenoxy) is 1. The van der Waals surface area contributed by atoms with Gasteiger partial charge in [-0.1, -0.05) is 42.8 Å². The minimum atomic E-state index is 0. The van der Waals surface area contributed by atoms with Gasteiger partial charge in [0.2, 0.25) is 5.91 Å². The van der Waals surface area contributed by atoms with Gasteiger partial charge in [0, 0.05) is 44.7 Å². The van der Waals surface area contributed by atoms with E-state index in [2.05, 4.69) is 22.5 Å². The van der Waals surface area contributed by atoms with Crippen molar-refractivity contribution in [2.24, 2.45) is 4.99 Å². The highest BCUT2D eigenvalue weighted by Gasteiger charge is 2.25. The first-order valence-electron chi connectivity index (χ1n) is 10.2. The number of benzene rings is 2. The minimum Gasteiger partial charge on any atom is -0.457 e. The molecule has 1 aliphatic rings. The molecular weight excluding hydrogens is 491 g/mol. The summed E-state index contributed by atoms with van der Waals surface area (Å²) >= 11 is 0. The molecule has 3 rings (SSSR count). The van der Waals surface area contributed by atoms with Crippen LogP contribution in [0.15, 0.2) is 53.5 Å². The van der Waals surface area contributed by atoms with Gasteiger partial charge in [-0.05, 0) is 31.5 Å². The van der Waals surface area contributed by atoms with Crippen LogP contribution in [0.4, 0.5) is 0 Å². The van der Waals surface area contributed by atoms with Crippen LogP contribution in [0.3, 0.4) is 0 Å². The smallest absolute Gasteiger partial charge is 0.222 e. The summed E-state index contributed by atoms with van der Waals surface area (Å²) in [5, 5.41) is 6.79. The van der Waals surface area contributed by atoms with E-state index in [1.807, 2.05) is 60.4 Å². The van der Waals surface area contributed by atoms with Crippen LogP contribution in [-0.4, -0.2) is 42.9 Å². The number of rotatable bonds is 6. The standard InChI is InChI=1S/C23H30N4O2.HI/c1-4-22(28)27-14-13-19(16-27)26-23(24-3)25-15-18-7-5-6-8-21(18)29-20-11-9-17(2)10-12-20;/h5-12,19H,4,13-16H2,1-3H3,(H2,24,25,26);1H. The van der Waals surface area contributed by atoms with Crippen LogP contribution >= 0.6 is 24.0 Å². The Morgan fingerprint density at radius 2 is 1.93 bits per heavy atom. The van der Waals surface area contributed by atoms with E-state index in [0.29, 0.717) is 13.0 Å². The molecular formula is C23H31IN4O2. The van der Waals surface area contributed by atoms with Crippen LogP contribution in [0.2, 0.25) is 0 Å². The Kier molecular flexibility index (Phi) is 9.42. The quantitative estimate of drug-likeness (QED) is 0.341. The summed E-state index contributed by atoms with van der Waals surface area (Å²) in [6.45, 7) is 6.07. The molecule has 2 aromatic carbocycles. The Labute approximate surface area is 196 Å². The van der Waals surface area contributed by atoms with Crippen molar-refractivity contribution in [3.8, 4) is 11.5 Å². The lowest BCUT2D eigenvalue weighted by molar-refractivity contribution is -0.129. The molecule has 0 aromatic heterocycles. The first kappa shape index (κ1) is 24.0. The number of nitrogens with zero attached hydrogens (tertiary/aromatic N) is 2. The highest BCUT2D eigenvalue weighted by molar-refractivity contribution is 14.0. The number of guanidine groups is 1. The van der Waals surface area contributed by atoms with Gasteiger partial charge in [0.15, 0.2) is 5.96 Å². The molecule has 1 unspecified atom stereocenters. The molecule has 1 saturated heterocycles. The normalized spacial score (nSPS) is 16.0. The third kappa shape index (κ3) is 6.62. The van der Waals surface area contributed by atoms with Crippen LogP contribution in [-0.2, 0) is 11.3 Å². The molecule has 0 saturated carbocycles. The molecule has 6 nitrogen and oxygen atoms in total. The molecule has 0 radical (unpaired) electrons. The van der Waals surface area contributed by atoms with Crippen molar-refractivity contribution < 1.29 is 9.53 Å². The third-order valence-electron chi connectivity index (χ3n) is 5.08. The highest BCUT2D eigenvalue weighted by Crippen LogP contribution is 2.25. The summed E-state index contributed by atoms with van der Waals surface area (Å²) in [6.07, 6.45) is 1.48. The van der Waals surface area contributed by atoms with Crippen LogP contribution in [0.1, 0.15) is 30.9 Å². The number of nitrogens with one attached hydrogen (secondary N) is 2. The van der Waals surface area contributed by atoms with Gasteiger partial charge in [-0.2, -0.15) is 0 Å². The van der Waals surface area contributed by atoms with Gasteiger partial charge in [0.25, 0.3) is 0 Å². The SMILES string of the molecule is CCC(=O)N1CCC(NC(=NC)NCc2ccccc2Oc2ccc(C)cc2)C1.I. The fourth-order valence-corrected chi connectivity index (χ4v) is 3.38. The second kappa shape index (κ2) is 11.8. The van der Waals surface area contributed by atoms with Crippen LogP contribution in [0.5, 0.6) is 11.5 Å². The lowest BCUT2D eigenvalue weighted by Gasteiger charge is -2.19. The molecule has 1 fully saturated rings. The van der Waals surface area contributed by atoms with Crippen molar-refractivity contribution in [1.29, 1.82) is 0 Å². The van der Waals surface area contributed by atoms with Gasteiger partial charge >= 0.3 is 0 Å². The lowest BCUT2D eigenvalue weighted by atomic mass is 10.2. The number of aliphatic imine (C=N–C) groups is 1. The molecule has 0 aliphatic carbocycles. The molecule has 162 valence electrons. The first-order chi connectivity index (χ1) is 14.1. The van der Waals surface area contributed by atoms with E-state index in [1.54, 1.807) is 7.05 Å². The summed E-state index contributed by atoms with van der Waals surface area (Å²) in [4.78, 5) is 18.1. The molecule has 0 bridgehead atoms. The molecule has 2 aromatic rings. The van der Waals surface area contributed by atoms with Crippen molar-refractivity contribution >= 4 is 35.8 Å². The van der Waals surface area contributed by atoms with E-state index >= 15 is 0 Å². The molecule has 2 N–H and O–H groups in total. The predicted molar refractivity (Wildman–Crippen MR) is 132 cm³/mol. The maximum atomic E-state index is 11.9. The zero-order chi connectivity index (χ0) is 20.6. The van der Waals surface area contributed by atoms with Gasteiger partial charge in [0.05, 0.1) is 0 Å². The summed E-state index contributed by atoms with van der Waals surface area (Å²) in [6, 6.07) is 16.2. The van der Waals surface area contributed by atoms with E-state index in [0.717, 1.165) is 42.5 Å². The number of para-hydroxylation sites is 1. The fraction of sp³-hybridized carbons (Fsp3) is 0.391. The average molecular weight is 522 g/mol. The van der Waals surface area contributed by atoms with E-state index < -0.39 is 0 Å². The van der Waals surface area contributed by atoms with E-state index in [4.69, 9.17) is 4.74 Å². The summed E-state index contributed by atoms with van der Waals surface area (Å²) in [5.74, 6) is 2.57. The zero-order valence-corrected chi connectivity index (χ0v) is 20.2. The van der Waals surface area contributed by atoms with Gasteiger partial charge in [-0.25, -0.2) is 0 Å². The van der Waals surface area contributed by atoms with Crippen LogP contribution in [0.25, 0.3) is 0 Å². The number of carbonyl (C=O) groups excluding carboxylic acids is 1. The maximum absolute atomic E-state index is 11.9. The van der Waals surface area contributed by atoms with E-state index in [-0.39, 0.29) is 35.9 Å². The molecule has 0 spiro atoms. The van der Waals surface area contributed by atoms with Crippen molar-refractivity contribution in [3.05, 3.63) is 59.7 Å². The maximum Gasteiger partial charge on any atom is 0.222 e. The fourth-order valence-electron chi connectivity index (χ4n) is 3.38. The number of amides is 1. The average Bonchev–Trinajstić information content (AvgIpc) is 3.21. The topological polar surface area (TPSA) is 66.0 Å². The Hall–Kier alpha value is -2.29. The number of halogens is 1. The Balaban J connectivity index is 0.00000320. The largest absolute Gasteiger partial charge is 0.457 e. The molecule has 7 heteroatoms. The Bertz CT molecular complexity index is 855. The number of carbonyl (C=O) groups is 1. The molecule has 1 amide bonds. The second-order valence-electron chi connectivity index (χ2n) is 7.27. The second-order valence-corrected chi connectivity index (χ2v) is 7.27. The predicted octanol–water partition coefficient (Wildman–Crippen LogP) is 4.08. The summed E-state index contributed by atoms with van der Waals surface area (Å²) < 4.78 is 6.07. The van der Waals surface area contributed by atoms with Crippen molar-refractivity contribution in [2.45, 2.75) is 39.3 Å². The molecule has 1 aliphatic heterocycles. The van der Waals surface area contributed by atoms with E-state index in [1.165, 1.54) is 5.56 Å². The molecule has 30 heavy (non-hydrogen) atoms. The van der Waals surface area contributed by atoms with Crippen molar-refractivity contribution in [2.75, 3.05) is 20.1 Å². The molecule has 1 heterocycles. The molecule has 1 atom stereocenters.